The van der Waals surface area contributed by atoms with Crippen LogP contribution in [0.2, 0.25) is 0 Å². The standard InChI is InChI=1S/C15H31N/c1-6-9-15(10-7-2)12-8-11-14(3,13-15)16(4)5/h6-13H2,1-5H3. The highest BCUT2D eigenvalue weighted by atomic mass is 15.1. The molecule has 0 aromatic carbocycles. The van der Waals surface area contributed by atoms with Gasteiger partial charge in [0.15, 0.2) is 0 Å². The zero-order valence-electron chi connectivity index (χ0n) is 12.1. The number of hydrogen-bond acceptors (Lipinski definition) is 1. The summed E-state index contributed by atoms with van der Waals surface area (Å²) in [6, 6.07) is 0. The molecule has 0 aromatic rings. The predicted octanol–water partition coefficient (Wildman–Crippen LogP) is 4.47. The molecule has 1 rings (SSSR count). The van der Waals surface area contributed by atoms with Gasteiger partial charge in [-0.05, 0) is 58.5 Å². The molecule has 1 heteroatoms. The van der Waals surface area contributed by atoms with Crippen molar-refractivity contribution in [3.8, 4) is 0 Å². The van der Waals surface area contributed by atoms with Crippen LogP contribution in [-0.2, 0) is 0 Å². The Morgan fingerprint density at radius 3 is 2.00 bits per heavy atom. The van der Waals surface area contributed by atoms with Gasteiger partial charge in [0.05, 0.1) is 0 Å². The van der Waals surface area contributed by atoms with Crippen LogP contribution in [0, 0.1) is 5.41 Å². The van der Waals surface area contributed by atoms with Crippen molar-refractivity contribution in [3.05, 3.63) is 0 Å². The van der Waals surface area contributed by atoms with Gasteiger partial charge in [-0.2, -0.15) is 0 Å². The fourth-order valence-corrected chi connectivity index (χ4v) is 3.82. The van der Waals surface area contributed by atoms with Crippen LogP contribution in [0.15, 0.2) is 0 Å². The van der Waals surface area contributed by atoms with Crippen LogP contribution in [0.3, 0.4) is 0 Å². The summed E-state index contributed by atoms with van der Waals surface area (Å²) in [5.41, 5.74) is 1.10. The van der Waals surface area contributed by atoms with Gasteiger partial charge < -0.3 is 4.90 Å². The first-order valence-corrected chi connectivity index (χ1v) is 7.15. The largest absolute Gasteiger partial charge is 0.304 e. The molecule has 0 aromatic heterocycles. The Morgan fingerprint density at radius 1 is 1.00 bits per heavy atom. The van der Waals surface area contributed by atoms with Gasteiger partial charge in [0.2, 0.25) is 0 Å². The quantitative estimate of drug-likeness (QED) is 0.667. The Bertz CT molecular complexity index is 198. The minimum Gasteiger partial charge on any atom is -0.304 e. The van der Waals surface area contributed by atoms with Crippen molar-refractivity contribution in [3.63, 3.8) is 0 Å². The molecule has 1 nitrogen and oxygen atoms in total. The maximum atomic E-state index is 2.46. The van der Waals surface area contributed by atoms with Gasteiger partial charge in [0, 0.05) is 5.54 Å². The van der Waals surface area contributed by atoms with Gasteiger partial charge >= 0.3 is 0 Å². The molecule has 1 aliphatic carbocycles. The topological polar surface area (TPSA) is 3.24 Å². The summed E-state index contributed by atoms with van der Waals surface area (Å²) in [4.78, 5) is 2.46. The van der Waals surface area contributed by atoms with Gasteiger partial charge in [-0.1, -0.05) is 33.1 Å². The average Bonchev–Trinajstić information content (AvgIpc) is 2.18. The van der Waals surface area contributed by atoms with E-state index < -0.39 is 0 Å². The summed E-state index contributed by atoms with van der Waals surface area (Å²) >= 11 is 0. The molecule has 1 aliphatic rings. The molecule has 1 fully saturated rings. The number of nitrogens with zero attached hydrogens (tertiary/aromatic N) is 1. The van der Waals surface area contributed by atoms with Gasteiger partial charge in [0.1, 0.15) is 0 Å². The van der Waals surface area contributed by atoms with Crippen molar-refractivity contribution in [2.45, 2.75) is 77.7 Å². The highest BCUT2D eigenvalue weighted by molar-refractivity contribution is 4.96. The van der Waals surface area contributed by atoms with Gasteiger partial charge in [-0.15, -0.1) is 0 Å². The van der Waals surface area contributed by atoms with Gasteiger partial charge in [-0.25, -0.2) is 0 Å². The molecule has 1 saturated carbocycles. The molecular weight excluding hydrogens is 194 g/mol. The van der Waals surface area contributed by atoms with Crippen LogP contribution in [0.4, 0.5) is 0 Å². The third-order valence-corrected chi connectivity index (χ3v) is 4.82. The molecule has 1 atom stereocenters. The van der Waals surface area contributed by atoms with Crippen LogP contribution in [-0.4, -0.2) is 24.5 Å². The smallest absolute Gasteiger partial charge is 0.0180 e. The maximum absolute atomic E-state index is 2.46. The Hall–Kier alpha value is -0.0400. The van der Waals surface area contributed by atoms with Crippen LogP contribution in [0.25, 0.3) is 0 Å². The number of hydrogen-bond donors (Lipinski definition) is 0. The first kappa shape index (κ1) is 14.0. The minimum absolute atomic E-state index is 0.447. The van der Waals surface area contributed by atoms with Crippen molar-refractivity contribution in [2.75, 3.05) is 14.1 Å². The fourth-order valence-electron chi connectivity index (χ4n) is 3.82. The second-order valence-corrected chi connectivity index (χ2v) is 6.42. The van der Waals surface area contributed by atoms with Crippen LogP contribution in [0.1, 0.15) is 72.1 Å². The van der Waals surface area contributed by atoms with E-state index in [4.69, 9.17) is 0 Å². The average molecular weight is 225 g/mol. The van der Waals surface area contributed by atoms with E-state index in [0.29, 0.717) is 11.0 Å². The lowest BCUT2D eigenvalue weighted by molar-refractivity contribution is 0.0214. The van der Waals surface area contributed by atoms with E-state index in [1.54, 1.807) is 0 Å². The highest BCUT2D eigenvalue weighted by Crippen LogP contribution is 2.49. The Balaban J connectivity index is 2.78. The lowest BCUT2D eigenvalue weighted by Gasteiger charge is -2.50. The van der Waals surface area contributed by atoms with E-state index in [2.05, 4.69) is 39.8 Å². The summed E-state index contributed by atoms with van der Waals surface area (Å²) in [7, 11) is 4.52. The molecule has 0 saturated heterocycles. The van der Waals surface area contributed by atoms with Crippen LogP contribution >= 0.6 is 0 Å². The third-order valence-electron chi connectivity index (χ3n) is 4.82. The summed E-state index contributed by atoms with van der Waals surface area (Å²) in [5, 5.41) is 0. The SMILES string of the molecule is CCCC1(CCC)CCCC(C)(N(C)C)C1. The third kappa shape index (κ3) is 3.00. The lowest BCUT2D eigenvalue weighted by atomic mass is 9.62. The molecule has 0 heterocycles. The predicted molar refractivity (Wildman–Crippen MR) is 72.8 cm³/mol. The van der Waals surface area contributed by atoms with Crippen molar-refractivity contribution in [1.82, 2.24) is 4.90 Å². The first-order valence-electron chi connectivity index (χ1n) is 7.15. The Morgan fingerprint density at radius 2 is 1.56 bits per heavy atom. The molecule has 0 aliphatic heterocycles. The van der Waals surface area contributed by atoms with Crippen LogP contribution in [0.5, 0.6) is 0 Å². The molecule has 0 N–H and O–H groups in total. The summed E-state index contributed by atoms with van der Waals surface area (Å²) < 4.78 is 0. The van der Waals surface area contributed by atoms with Crippen molar-refractivity contribution in [1.29, 1.82) is 0 Å². The van der Waals surface area contributed by atoms with Crippen molar-refractivity contribution < 1.29 is 0 Å². The Labute approximate surface area is 103 Å². The molecule has 16 heavy (non-hydrogen) atoms. The van der Waals surface area contributed by atoms with E-state index in [1.165, 1.54) is 51.4 Å². The van der Waals surface area contributed by atoms with Crippen molar-refractivity contribution in [2.24, 2.45) is 5.41 Å². The fraction of sp³-hybridized carbons (Fsp3) is 1.00. The molecule has 0 bridgehead atoms. The van der Waals surface area contributed by atoms with E-state index in [9.17, 15) is 0 Å². The highest BCUT2D eigenvalue weighted by Gasteiger charge is 2.41. The van der Waals surface area contributed by atoms with Gasteiger partial charge in [0.25, 0.3) is 0 Å². The minimum atomic E-state index is 0.447. The Kier molecular flexibility index (Phi) is 4.85. The van der Waals surface area contributed by atoms with E-state index in [1.807, 2.05) is 0 Å². The summed E-state index contributed by atoms with van der Waals surface area (Å²) in [5.74, 6) is 0. The molecular formula is C15H31N. The van der Waals surface area contributed by atoms with E-state index in [0.717, 1.165) is 0 Å². The second kappa shape index (κ2) is 5.53. The van der Waals surface area contributed by atoms with Crippen LogP contribution < -0.4 is 0 Å². The molecule has 1 unspecified atom stereocenters. The zero-order chi connectivity index (χ0) is 12.2. The first-order chi connectivity index (χ1) is 7.48. The molecule has 0 spiro atoms. The molecule has 96 valence electrons. The van der Waals surface area contributed by atoms with E-state index in [-0.39, 0.29) is 0 Å². The summed E-state index contributed by atoms with van der Waals surface area (Å²) in [6.45, 7) is 7.16. The van der Waals surface area contributed by atoms with Crippen molar-refractivity contribution >= 4 is 0 Å². The van der Waals surface area contributed by atoms with E-state index >= 15 is 0 Å². The number of rotatable bonds is 5. The van der Waals surface area contributed by atoms with Gasteiger partial charge in [-0.3, -0.25) is 0 Å². The molecule has 0 radical (unpaired) electrons. The second-order valence-electron chi connectivity index (χ2n) is 6.42. The normalized spacial score (nSPS) is 29.6. The summed E-state index contributed by atoms with van der Waals surface area (Å²) in [6.07, 6.45) is 11.3. The zero-order valence-corrected chi connectivity index (χ0v) is 12.1. The molecule has 0 amide bonds. The monoisotopic (exact) mass is 225 g/mol. The lowest BCUT2D eigenvalue weighted by Crippen LogP contribution is -2.48. The maximum Gasteiger partial charge on any atom is 0.0180 e.